The lowest BCUT2D eigenvalue weighted by molar-refractivity contribution is 0.416. The van der Waals surface area contributed by atoms with E-state index >= 15 is 0 Å². The smallest absolute Gasteiger partial charge is 0.107 e. The average molecular weight is 196 g/mol. The second kappa shape index (κ2) is 3.52. The van der Waals surface area contributed by atoms with Gasteiger partial charge in [-0.2, -0.15) is 0 Å². The second-order valence-corrected chi connectivity index (χ2v) is 3.78. The molecule has 3 rings (SSSR count). The Morgan fingerprint density at radius 2 is 1.53 bits per heavy atom. The first-order chi connectivity index (χ1) is 7.45. The van der Waals surface area contributed by atoms with E-state index in [9.17, 15) is 0 Å². The Kier molecular flexibility index (Phi) is 2.04. The Bertz CT molecular complexity index is 458. The van der Waals surface area contributed by atoms with Crippen molar-refractivity contribution in [2.24, 2.45) is 0 Å². The molecule has 1 heterocycles. The summed E-state index contributed by atoms with van der Waals surface area (Å²) >= 11 is 0. The van der Waals surface area contributed by atoms with Crippen molar-refractivity contribution < 1.29 is 4.74 Å². The van der Waals surface area contributed by atoms with Crippen LogP contribution in [0.3, 0.4) is 0 Å². The lowest BCUT2D eigenvalue weighted by atomic mass is 9.98. The molecule has 2 aromatic carbocycles. The fraction of sp³-hybridized carbons (Fsp3) is 0.143. The molecule has 0 aliphatic carbocycles. The van der Waals surface area contributed by atoms with Gasteiger partial charge >= 0.3 is 0 Å². The van der Waals surface area contributed by atoms with E-state index in [1.165, 1.54) is 16.7 Å². The van der Waals surface area contributed by atoms with Gasteiger partial charge in [0.05, 0.1) is 6.61 Å². The van der Waals surface area contributed by atoms with Gasteiger partial charge in [-0.05, 0) is 16.7 Å². The second-order valence-electron chi connectivity index (χ2n) is 3.78. The molecule has 0 bridgehead atoms. The van der Waals surface area contributed by atoms with Gasteiger partial charge in [-0.1, -0.05) is 54.6 Å². The monoisotopic (exact) mass is 196 g/mol. The minimum absolute atomic E-state index is 0.321. The molecule has 0 spiro atoms. The van der Waals surface area contributed by atoms with Crippen LogP contribution in [0, 0.1) is 0 Å². The van der Waals surface area contributed by atoms with Gasteiger partial charge in [0.1, 0.15) is 6.10 Å². The zero-order valence-corrected chi connectivity index (χ0v) is 8.39. The molecule has 15 heavy (non-hydrogen) atoms. The summed E-state index contributed by atoms with van der Waals surface area (Å²) in [5.74, 6) is 0. The number of rotatable bonds is 2. The Balaban J connectivity index is 2.11. The predicted molar refractivity (Wildman–Crippen MR) is 60.6 cm³/mol. The first-order valence-corrected chi connectivity index (χ1v) is 5.21. The van der Waals surface area contributed by atoms with Crippen molar-refractivity contribution >= 4 is 0 Å². The maximum atomic E-state index is 5.36. The summed E-state index contributed by atoms with van der Waals surface area (Å²) in [6.45, 7) is 0.865. The third-order valence-electron chi connectivity index (χ3n) is 2.73. The molecule has 1 heteroatoms. The highest BCUT2D eigenvalue weighted by Gasteiger charge is 2.27. The highest BCUT2D eigenvalue weighted by molar-refractivity contribution is 5.68. The third-order valence-corrected chi connectivity index (χ3v) is 2.73. The maximum absolute atomic E-state index is 5.36. The molecule has 0 amide bonds. The van der Waals surface area contributed by atoms with Crippen LogP contribution in [0.4, 0.5) is 0 Å². The van der Waals surface area contributed by atoms with Crippen molar-refractivity contribution in [2.75, 3.05) is 6.61 Å². The zero-order valence-electron chi connectivity index (χ0n) is 8.39. The lowest BCUT2D eigenvalue weighted by Crippen LogP contribution is -1.86. The first-order valence-electron chi connectivity index (χ1n) is 5.21. The van der Waals surface area contributed by atoms with Crippen LogP contribution in [0.1, 0.15) is 11.7 Å². The summed E-state index contributed by atoms with van der Waals surface area (Å²) in [4.78, 5) is 0. The number of ether oxygens (including phenoxy) is 1. The van der Waals surface area contributed by atoms with Crippen LogP contribution in [0.15, 0.2) is 54.6 Å². The lowest BCUT2D eigenvalue weighted by Gasteiger charge is -2.06. The molecule has 0 saturated carbocycles. The topological polar surface area (TPSA) is 12.5 Å². The largest absolute Gasteiger partial charge is 0.368 e. The van der Waals surface area contributed by atoms with E-state index in [1.54, 1.807) is 0 Å². The van der Waals surface area contributed by atoms with Crippen LogP contribution in [0.25, 0.3) is 11.1 Å². The molecule has 1 aliphatic heterocycles. The molecule has 1 fully saturated rings. The molecule has 1 aliphatic rings. The summed E-state index contributed by atoms with van der Waals surface area (Å²) < 4.78 is 5.36. The van der Waals surface area contributed by atoms with Crippen LogP contribution < -0.4 is 0 Å². The van der Waals surface area contributed by atoms with E-state index in [0.717, 1.165) is 6.61 Å². The van der Waals surface area contributed by atoms with E-state index in [0.29, 0.717) is 6.10 Å². The maximum Gasteiger partial charge on any atom is 0.107 e. The highest BCUT2D eigenvalue weighted by Crippen LogP contribution is 2.36. The predicted octanol–water partition coefficient (Wildman–Crippen LogP) is 3.42. The fourth-order valence-corrected chi connectivity index (χ4v) is 1.89. The summed E-state index contributed by atoms with van der Waals surface area (Å²) in [5.41, 5.74) is 3.87. The minimum atomic E-state index is 0.321. The van der Waals surface area contributed by atoms with Crippen LogP contribution >= 0.6 is 0 Å². The highest BCUT2D eigenvalue weighted by atomic mass is 16.6. The Morgan fingerprint density at radius 1 is 0.867 bits per heavy atom. The standard InChI is InChI=1S/C14H12O/c1-2-6-11(7-3-1)12-8-4-5-9-13(12)14-10-15-14/h1-9,14H,10H2/t14-/m1/s1. The van der Waals surface area contributed by atoms with Crippen molar-refractivity contribution in [2.45, 2.75) is 6.10 Å². The Hall–Kier alpha value is -1.60. The Labute approximate surface area is 89.3 Å². The van der Waals surface area contributed by atoms with Crippen LogP contribution in [-0.2, 0) is 4.74 Å². The van der Waals surface area contributed by atoms with Crippen LogP contribution in [0.2, 0.25) is 0 Å². The van der Waals surface area contributed by atoms with Crippen molar-refractivity contribution in [1.29, 1.82) is 0 Å². The molecule has 1 saturated heterocycles. The summed E-state index contributed by atoms with van der Waals surface area (Å²) in [6.07, 6.45) is 0.321. The van der Waals surface area contributed by atoms with Gasteiger partial charge in [0.2, 0.25) is 0 Å². The quantitative estimate of drug-likeness (QED) is 0.670. The van der Waals surface area contributed by atoms with E-state index in [2.05, 4.69) is 48.5 Å². The van der Waals surface area contributed by atoms with Gasteiger partial charge in [0.15, 0.2) is 0 Å². The van der Waals surface area contributed by atoms with Gasteiger partial charge in [0, 0.05) is 0 Å². The van der Waals surface area contributed by atoms with Gasteiger partial charge in [0.25, 0.3) is 0 Å². The van der Waals surface area contributed by atoms with E-state index in [1.807, 2.05) is 6.07 Å². The summed E-state index contributed by atoms with van der Waals surface area (Å²) in [7, 11) is 0. The van der Waals surface area contributed by atoms with Gasteiger partial charge in [-0.25, -0.2) is 0 Å². The van der Waals surface area contributed by atoms with Crippen molar-refractivity contribution in [1.82, 2.24) is 0 Å². The SMILES string of the molecule is c1ccc(-c2ccccc2[C@H]2CO2)cc1. The average Bonchev–Trinajstić information content (AvgIpc) is 3.14. The van der Waals surface area contributed by atoms with Crippen molar-refractivity contribution in [3.8, 4) is 11.1 Å². The van der Waals surface area contributed by atoms with Crippen LogP contribution in [0.5, 0.6) is 0 Å². The van der Waals surface area contributed by atoms with Crippen molar-refractivity contribution in [3.63, 3.8) is 0 Å². The molecular formula is C14H12O. The molecule has 1 nitrogen and oxygen atoms in total. The summed E-state index contributed by atoms with van der Waals surface area (Å²) in [6, 6.07) is 18.9. The number of hydrogen-bond donors (Lipinski definition) is 0. The molecule has 74 valence electrons. The normalized spacial score (nSPS) is 18.8. The number of benzene rings is 2. The van der Waals surface area contributed by atoms with E-state index in [-0.39, 0.29) is 0 Å². The van der Waals surface area contributed by atoms with Crippen LogP contribution in [-0.4, -0.2) is 6.61 Å². The van der Waals surface area contributed by atoms with Gasteiger partial charge in [-0.15, -0.1) is 0 Å². The Morgan fingerprint density at radius 3 is 2.27 bits per heavy atom. The minimum Gasteiger partial charge on any atom is -0.368 e. The molecule has 2 aromatic rings. The fourth-order valence-electron chi connectivity index (χ4n) is 1.89. The molecule has 0 aromatic heterocycles. The van der Waals surface area contributed by atoms with Crippen molar-refractivity contribution in [3.05, 3.63) is 60.2 Å². The van der Waals surface area contributed by atoms with E-state index in [4.69, 9.17) is 4.74 Å². The third kappa shape index (κ3) is 1.66. The number of hydrogen-bond acceptors (Lipinski definition) is 1. The summed E-state index contributed by atoms with van der Waals surface area (Å²) in [5, 5.41) is 0. The molecule has 0 radical (unpaired) electrons. The molecule has 0 N–H and O–H groups in total. The first kappa shape index (κ1) is 8.69. The van der Waals surface area contributed by atoms with Gasteiger partial charge in [-0.3, -0.25) is 0 Å². The molecule has 0 unspecified atom stereocenters. The molecule has 1 atom stereocenters. The molecular weight excluding hydrogens is 184 g/mol. The zero-order chi connectivity index (χ0) is 10.1. The van der Waals surface area contributed by atoms with E-state index < -0.39 is 0 Å². The van der Waals surface area contributed by atoms with Gasteiger partial charge < -0.3 is 4.74 Å². The number of epoxide rings is 1.